The van der Waals surface area contributed by atoms with Gasteiger partial charge in [0.05, 0.1) is 12.7 Å². The number of amides is 1. The Balaban J connectivity index is 1.49. The highest BCUT2D eigenvalue weighted by Gasteiger charge is 2.54. The summed E-state index contributed by atoms with van der Waals surface area (Å²) in [5.41, 5.74) is 0.473. The minimum Gasteiger partial charge on any atom is -0.384 e. The molecular weight excluding hydrogens is 290 g/mol. The number of nitrogens with zero attached hydrogens (tertiary/aromatic N) is 2. The predicted molar refractivity (Wildman–Crippen MR) is 77.5 cm³/mol. The summed E-state index contributed by atoms with van der Waals surface area (Å²) in [6, 6.07) is 0.129. The number of methoxy groups -OCH3 is 1. The molecular formula is C14H17N3O3S. The highest BCUT2D eigenvalue weighted by Crippen LogP contribution is 2.43. The third-order valence-electron chi connectivity index (χ3n) is 4.51. The Labute approximate surface area is 126 Å². The molecule has 21 heavy (non-hydrogen) atoms. The molecule has 112 valence electrons. The average Bonchev–Trinajstić information content (AvgIpc) is 3.15. The average molecular weight is 307 g/mol. The van der Waals surface area contributed by atoms with Crippen LogP contribution in [0, 0.1) is 11.8 Å². The fourth-order valence-corrected chi connectivity index (χ4v) is 4.20. The molecule has 1 aliphatic carbocycles. The molecule has 0 aromatic carbocycles. The number of nitrogens with one attached hydrogen (secondary N) is 1. The highest BCUT2D eigenvalue weighted by atomic mass is 32.1. The molecule has 2 aliphatic rings. The monoisotopic (exact) mass is 307 g/mol. The van der Waals surface area contributed by atoms with Crippen molar-refractivity contribution in [3.05, 3.63) is 23.5 Å². The predicted octanol–water partition coefficient (Wildman–Crippen LogP) is 1.18. The van der Waals surface area contributed by atoms with E-state index in [-0.39, 0.29) is 24.0 Å². The molecule has 2 aromatic rings. The molecule has 3 heterocycles. The van der Waals surface area contributed by atoms with E-state index in [2.05, 4.69) is 10.3 Å². The van der Waals surface area contributed by atoms with Crippen molar-refractivity contribution in [2.45, 2.75) is 18.6 Å². The first-order valence-electron chi connectivity index (χ1n) is 7.11. The largest absolute Gasteiger partial charge is 0.384 e. The molecule has 1 saturated heterocycles. The van der Waals surface area contributed by atoms with E-state index in [1.165, 1.54) is 11.3 Å². The van der Waals surface area contributed by atoms with Crippen LogP contribution in [0.2, 0.25) is 0 Å². The van der Waals surface area contributed by atoms with Gasteiger partial charge in [-0.25, -0.2) is 4.98 Å². The highest BCUT2D eigenvalue weighted by molar-refractivity contribution is 7.15. The lowest BCUT2D eigenvalue weighted by Gasteiger charge is -2.47. The van der Waals surface area contributed by atoms with Crippen molar-refractivity contribution in [3.8, 4) is 0 Å². The third-order valence-corrected chi connectivity index (χ3v) is 5.28. The van der Waals surface area contributed by atoms with Crippen LogP contribution in [0.25, 0.3) is 4.96 Å². The van der Waals surface area contributed by atoms with Gasteiger partial charge in [0, 0.05) is 49.4 Å². The second kappa shape index (κ2) is 5.08. The second-order valence-electron chi connectivity index (χ2n) is 5.63. The van der Waals surface area contributed by atoms with Gasteiger partial charge in [-0.2, -0.15) is 0 Å². The summed E-state index contributed by atoms with van der Waals surface area (Å²) < 4.78 is 12.8. The summed E-state index contributed by atoms with van der Waals surface area (Å²) in [4.78, 5) is 17.6. The topological polar surface area (TPSA) is 64.9 Å². The van der Waals surface area contributed by atoms with E-state index in [4.69, 9.17) is 9.47 Å². The fourth-order valence-electron chi connectivity index (χ4n) is 3.50. The lowest BCUT2D eigenvalue weighted by Crippen LogP contribution is -2.62. The minimum absolute atomic E-state index is 0.109. The van der Waals surface area contributed by atoms with Gasteiger partial charge in [-0.15, -0.1) is 11.3 Å². The third kappa shape index (κ3) is 2.07. The van der Waals surface area contributed by atoms with Gasteiger partial charge in [-0.05, 0) is 6.42 Å². The number of hydrogen-bond acceptors (Lipinski definition) is 5. The Morgan fingerprint density at radius 3 is 3.38 bits per heavy atom. The Bertz CT molecular complexity index is 639. The maximum atomic E-state index is 12.4. The van der Waals surface area contributed by atoms with Gasteiger partial charge in [-0.1, -0.05) is 0 Å². The quantitative estimate of drug-likeness (QED) is 0.921. The molecule has 1 amide bonds. The van der Waals surface area contributed by atoms with Crippen molar-refractivity contribution in [2.75, 3.05) is 20.3 Å². The van der Waals surface area contributed by atoms with Crippen LogP contribution in [0.15, 0.2) is 17.8 Å². The number of imidazole rings is 1. The van der Waals surface area contributed by atoms with Gasteiger partial charge in [0.15, 0.2) is 4.96 Å². The van der Waals surface area contributed by atoms with Crippen molar-refractivity contribution in [1.82, 2.24) is 14.7 Å². The zero-order chi connectivity index (χ0) is 14.4. The molecule has 2 fully saturated rings. The molecule has 1 N–H and O–H groups in total. The van der Waals surface area contributed by atoms with E-state index in [0.717, 1.165) is 18.0 Å². The maximum Gasteiger partial charge on any atom is 0.271 e. The van der Waals surface area contributed by atoms with E-state index in [1.807, 2.05) is 16.0 Å². The molecule has 2 aromatic heterocycles. The molecule has 4 atom stereocenters. The van der Waals surface area contributed by atoms with Gasteiger partial charge in [0.2, 0.25) is 0 Å². The van der Waals surface area contributed by atoms with Crippen LogP contribution in [0.4, 0.5) is 0 Å². The number of hydrogen-bond donors (Lipinski definition) is 1. The van der Waals surface area contributed by atoms with Crippen LogP contribution in [0.5, 0.6) is 0 Å². The van der Waals surface area contributed by atoms with Crippen molar-refractivity contribution in [3.63, 3.8) is 0 Å². The summed E-state index contributed by atoms with van der Waals surface area (Å²) >= 11 is 1.52. The van der Waals surface area contributed by atoms with Gasteiger partial charge in [0.25, 0.3) is 5.91 Å². The van der Waals surface area contributed by atoms with Crippen LogP contribution >= 0.6 is 11.3 Å². The molecule has 1 aliphatic heterocycles. The van der Waals surface area contributed by atoms with Crippen molar-refractivity contribution in [2.24, 2.45) is 11.8 Å². The number of rotatable bonds is 4. The van der Waals surface area contributed by atoms with Gasteiger partial charge < -0.3 is 14.8 Å². The summed E-state index contributed by atoms with van der Waals surface area (Å²) in [6.45, 7) is 1.40. The molecule has 0 spiro atoms. The number of aromatic nitrogens is 2. The van der Waals surface area contributed by atoms with Crippen LogP contribution in [-0.2, 0) is 9.47 Å². The molecule has 4 rings (SSSR count). The lowest BCUT2D eigenvalue weighted by molar-refractivity contribution is -0.0810. The maximum absolute atomic E-state index is 12.4. The summed E-state index contributed by atoms with van der Waals surface area (Å²) in [6.07, 6.45) is 4.92. The van der Waals surface area contributed by atoms with Gasteiger partial charge in [-0.3, -0.25) is 9.20 Å². The fraction of sp³-hybridized carbons (Fsp3) is 0.571. The lowest BCUT2D eigenvalue weighted by atomic mass is 9.67. The van der Waals surface area contributed by atoms with Crippen LogP contribution < -0.4 is 5.32 Å². The number of carbonyl (C=O) groups excluding carboxylic acids is 1. The first kappa shape index (κ1) is 13.2. The summed E-state index contributed by atoms with van der Waals surface area (Å²) in [5, 5.41) is 5.07. The number of thiazole rings is 1. The zero-order valence-corrected chi connectivity index (χ0v) is 12.5. The van der Waals surface area contributed by atoms with Gasteiger partial charge >= 0.3 is 0 Å². The summed E-state index contributed by atoms with van der Waals surface area (Å²) in [7, 11) is 1.69. The van der Waals surface area contributed by atoms with E-state index in [0.29, 0.717) is 18.2 Å². The smallest absolute Gasteiger partial charge is 0.271 e. The normalized spacial score (nSPS) is 31.1. The van der Waals surface area contributed by atoms with Crippen molar-refractivity contribution in [1.29, 1.82) is 0 Å². The van der Waals surface area contributed by atoms with E-state index < -0.39 is 0 Å². The Morgan fingerprint density at radius 1 is 1.67 bits per heavy atom. The molecule has 0 bridgehead atoms. The number of carbonyl (C=O) groups is 1. The molecule has 6 nitrogen and oxygen atoms in total. The zero-order valence-electron chi connectivity index (χ0n) is 11.7. The van der Waals surface area contributed by atoms with Crippen LogP contribution in [-0.4, -0.2) is 47.8 Å². The first-order valence-corrected chi connectivity index (χ1v) is 7.99. The molecule has 1 saturated carbocycles. The Kier molecular flexibility index (Phi) is 3.20. The van der Waals surface area contributed by atoms with E-state index in [9.17, 15) is 4.79 Å². The molecule has 0 radical (unpaired) electrons. The van der Waals surface area contributed by atoms with Crippen LogP contribution in [0.1, 0.15) is 16.9 Å². The number of ether oxygens (including phenoxy) is 2. The molecule has 0 unspecified atom stereocenters. The second-order valence-corrected chi connectivity index (χ2v) is 6.50. The summed E-state index contributed by atoms with van der Waals surface area (Å²) in [5.74, 6) is 0.551. The SMILES string of the molecule is COC[C@@H]1[C@H](NC(=O)c2cn3ccsc3n2)[C@@H]2CCO[C@H]12. The van der Waals surface area contributed by atoms with Gasteiger partial charge in [0.1, 0.15) is 5.69 Å². The van der Waals surface area contributed by atoms with Crippen LogP contribution in [0.3, 0.4) is 0 Å². The molecule has 7 heteroatoms. The Hall–Kier alpha value is -1.44. The standard InChI is InChI=1S/C14H17N3O3S/c1-19-7-9-11(8-2-4-20-12(8)9)16-13(18)10-6-17-3-5-21-14(17)15-10/h3,5-6,8-9,11-12H,2,4,7H2,1H3,(H,16,18)/t8-,9+,11+,12-/m0/s1. The Morgan fingerprint density at radius 2 is 2.57 bits per heavy atom. The van der Waals surface area contributed by atoms with E-state index in [1.54, 1.807) is 13.3 Å². The first-order chi connectivity index (χ1) is 10.3. The minimum atomic E-state index is -0.109. The van der Waals surface area contributed by atoms with Crippen molar-refractivity contribution >= 4 is 22.2 Å². The number of fused-ring (bicyclic) bond motifs is 2. The van der Waals surface area contributed by atoms with Crippen molar-refractivity contribution < 1.29 is 14.3 Å². The van der Waals surface area contributed by atoms with E-state index >= 15 is 0 Å².